The zero-order valence-corrected chi connectivity index (χ0v) is 17.8. The van der Waals surface area contributed by atoms with Crippen LogP contribution in [0.5, 0.6) is 34.5 Å². The minimum atomic E-state index is 0.546. The van der Waals surface area contributed by atoms with Crippen LogP contribution in [0.25, 0.3) is 0 Å². The SMILES string of the molecule is COc1cc(C)c(Sc2c(C)cc(OC)c(OC)c2OC)c(OC)c1OC. The van der Waals surface area contributed by atoms with E-state index in [2.05, 4.69) is 0 Å². The van der Waals surface area contributed by atoms with Crippen molar-refractivity contribution in [3.63, 3.8) is 0 Å². The third-order valence-corrected chi connectivity index (χ3v) is 5.57. The molecule has 0 saturated heterocycles. The molecule has 0 unspecified atom stereocenters. The molecule has 7 heteroatoms. The smallest absolute Gasteiger partial charge is 0.204 e. The number of hydrogen-bond acceptors (Lipinski definition) is 7. The molecule has 0 amide bonds. The molecule has 0 aromatic heterocycles. The Morgan fingerprint density at radius 1 is 0.519 bits per heavy atom. The summed E-state index contributed by atoms with van der Waals surface area (Å²) >= 11 is 1.52. The lowest BCUT2D eigenvalue weighted by atomic mass is 10.2. The fourth-order valence-electron chi connectivity index (χ4n) is 2.86. The van der Waals surface area contributed by atoms with Gasteiger partial charge in [-0.15, -0.1) is 0 Å². The van der Waals surface area contributed by atoms with Crippen molar-refractivity contribution in [1.82, 2.24) is 0 Å². The average Bonchev–Trinajstić information content (AvgIpc) is 2.68. The Morgan fingerprint density at radius 2 is 0.852 bits per heavy atom. The number of benzene rings is 2. The summed E-state index contributed by atoms with van der Waals surface area (Å²) in [5.41, 5.74) is 1.98. The van der Waals surface area contributed by atoms with E-state index in [9.17, 15) is 0 Å². The van der Waals surface area contributed by atoms with Gasteiger partial charge in [0.2, 0.25) is 11.5 Å². The molecule has 0 radical (unpaired) electrons. The van der Waals surface area contributed by atoms with Crippen molar-refractivity contribution in [1.29, 1.82) is 0 Å². The van der Waals surface area contributed by atoms with Gasteiger partial charge in [0.25, 0.3) is 0 Å². The molecule has 0 aliphatic heterocycles. The summed E-state index contributed by atoms with van der Waals surface area (Å²) < 4.78 is 33.2. The van der Waals surface area contributed by atoms with Crippen molar-refractivity contribution in [3.8, 4) is 34.5 Å². The molecule has 0 spiro atoms. The standard InChI is InChI=1S/C20H26O6S/c1-11-9-13(21-3)15(23-5)17(25-7)19(11)27-20-12(2)10-14(22-4)16(24-6)18(20)26-8/h9-10H,1-8H3. The molecule has 0 N–H and O–H groups in total. The quantitative estimate of drug-likeness (QED) is 0.653. The monoisotopic (exact) mass is 394 g/mol. The fourth-order valence-corrected chi connectivity index (χ4v) is 4.04. The lowest BCUT2D eigenvalue weighted by molar-refractivity contribution is 0.317. The van der Waals surface area contributed by atoms with Crippen molar-refractivity contribution in [2.24, 2.45) is 0 Å². The van der Waals surface area contributed by atoms with E-state index < -0.39 is 0 Å². The van der Waals surface area contributed by atoms with Gasteiger partial charge in [0.15, 0.2) is 23.0 Å². The second-order valence-corrected chi connectivity index (χ2v) is 6.71. The highest BCUT2D eigenvalue weighted by molar-refractivity contribution is 7.99. The Morgan fingerprint density at radius 3 is 1.11 bits per heavy atom. The van der Waals surface area contributed by atoms with Crippen LogP contribution in [-0.2, 0) is 0 Å². The number of hydrogen-bond donors (Lipinski definition) is 0. The first-order chi connectivity index (χ1) is 13.0. The van der Waals surface area contributed by atoms with Crippen LogP contribution in [0.4, 0.5) is 0 Å². The van der Waals surface area contributed by atoms with Gasteiger partial charge < -0.3 is 28.4 Å². The number of rotatable bonds is 8. The van der Waals surface area contributed by atoms with Gasteiger partial charge in [-0.25, -0.2) is 0 Å². The van der Waals surface area contributed by atoms with Crippen molar-refractivity contribution in [2.45, 2.75) is 23.6 Å². The summed E-state index contributed by atoms with van der Waals surface area (Å²) in [6.07, 6.45) is 0. The molecule has 0 aliphatic carbocycles. The molecule has 2 aromatic carbocycles. The Kier molecular flexibility index (Phi) is 6.96. The number of methoxy groups -OCH3 is 6. The maximum absolute atomic E-state index is 5.66. The molecule has 0 fully saturated rings. The van der Waals surface area contributed by atoms with E-state index in [1.807, 2.05) is 26.0 Å². The molecule has 148 valence electrons. The predicted molar refractivity (Wildman–Crippen MR) is 106 cm³/mol. The first kappa shape index (κ1) is 20.9. The minimum Gasteiger partial charge on any atom is -0.493 e. The molecule has 0 saturated carbocycles. The van der Waals surface area contributed by atoms with Crippen LogP contribution in [0.15, 0.2) is 21.9 Å². The zero-order valence-electron chi connectivity index (χ0n) is 17.0. The summed E-state index contributed by atoms with van der Waals surface area (Å²) in [5.74, 6) is 3.54. The van der Waals surface area contributed by atoms with Gasteiger partial charge in [0.05, 0.1) is 52.4 Å². The van der Waals surface area contributed by atoms with Crippen LogP contribution in [0.3, 0.4) is 0 Å². The van der Waals surface area contributed by atoms with E-state index in [4.69, 9.17) is 28.4 Å². The Hall–Kier alpha value is -2.41. The molecule has 27 heavy (non-hydrogen) atoms. The third-order valence-electron chi connectivity index (χ3n) is 4.14. The van der Waals surface area contributed by atoms with Crippen molar-refractivity contribution >= 4 is 11.8 Å². The third kappa shape index (κ3) is 3.83. The summed E-state index contributed by atoms with van der Waals surface area (Å²) in [4.78, 5) is 1.81. The number of aryl methyl sites for hydroxylation is 2. The van der Waals surface area contributed by atoms with Gasteiger partial charge in [0.1, 0.15) is 0 Å². The Balaban J connectivity index is 2.70. The normalized spacial score (nSPS) is 10.4. The summed E-state index contributed by atoms with van der Waals surface area (Å²) in [6, 6.07) is 3.85. The Bertz CT molecular complexity index is 752. The summed E-state index contributed by atoms with van der Waals surface area (Å²) in [6.45, 7) is 3.99. The van der Waals surface area contributed by atoms with Crippen LogP contribution in [0.1, 0.15) is 11.1 Å². The molecular weight excluding hydrogens is 368 g/mol. The second-order valence-electron chi connectivity index (χ2n) is 5.68. The van der Waals surface area contributed by atoms with Gasteiger partial charge in [0, 0.05) is 0 Å². The van der Waals surface area contributed by atoms with E-state index in [1.165, 1.54) is 11.8 Å². The molecule has 2 rings (SSSR count). The highest BCUT2D eigenvalue weighted by Gasteiger charge is 2.24. The average molecular weight is 394 g/mol. The first-order valence-corrected chi connectivity index (χ1v) is 9.05. The first-order valence-electron chi connectivity index (χ1n) is 8.24. The van der Waals surface area contributed by atoms with Gasteiger partial charge >= 0.3 is 0 Å². The molecule has 2 aromatic rings. The van der Waals surface area contributed by atoms with Gasteiger partial charge in [-0.3, -0.25) is 0 Å². The van der Waals surface area contributed by atoms with E-state index in [0.29, 0.717) is 34.5 Å². The van der Waals surface area contributed by atoms with Crippen LogP contribution in [0.2, 0.25) is 0 Å². The van der Waals surface area contributed by atoms with E-state index >= 15 is 0 Å². The van der Waals surface area contributed by atoms with Crippen LogP contribution < -0.4 is 28.4 Å². The highest BCUT2D eigenvalue weighted by Crippen LogP contribution is 2.53. The summed E-state index contributed by atoms with van der Waals surface area (Å²) in [5, 5.41) is 0. The molecule has 0 aliphatic rings. The zero-order chi connectivity index (χ0) is 20.1. The minimum absolute atomic E-state index is 0.546. The van der Waals surface area contributed by atoms with Crippen molar-refractivity contribution in [3.05, 3.63) is 23.3 Å². The van der Waals surface area contributed by atoms with E-state index in [-0.39, 0.29) is 0 Å². The highest BCUT2D eigenvalue weighted by atomic mass is 32.2. The topological polar surface area (TPSA) is 55.4 Å². The number of ether oxygens (including phenoxy) is 6. The van der Waals surface area contributed by atoms with E-state index in [1.54, 1.807) is 42.7 Å². The molecule has 0 atom stereocenters. The lowest BCUT2D eigenvalue weighted by Crippen LogP contribution is -2.00. The molecule has 0 bridgehead atoms. The van der Waals surface area contributed by atoms with Gasteiger partial charge in [-0.05, 0) is 37.1 Å². The second kappa shape index (κ2) is 8.99. The Labute approximate surface area is 164 Å². The maximum Gasteiger partial charge on any atom is 0.204 e. The molecule has 0 heterocycles. The molecular formula is C20H26O6S. The van der Waals surface area contributed by atoms with Crippen molar-refractivity contribution in [2.75, 3.05) is 42.7 Å². The molecule has 6 nitrogen and oxygen atoms in total. The van der Waals surface area contributed by atoms with Crippen LogP contribution in [0, 0.1) is 13.8 Å². The van der Waals surface area contributed by atoms with E-state index in [0.717, 1.165) is 20.9 Å². The predicted octanol–water partition coefficient (Wildman–Crippen LogP) is 4.51. The fraction of sp³-hybridized carbons (Fsp3) is 0.400. The largest absolute Gasteiger partial charge is 0.493 e. The van der Waals surface area contributed by atoms with Crippen LogP contribution in [-0.4, -0.2) is 42.7 Å². The van der Waals surface area contributed by atoms with Gasteiger partial charge in [-0.1, -0.05) is 11.8 Å². The summed E-state index contributed by atoms with van der Waals surface area (Å²) in [7, 11) is 9.61. The lowest BCUT2D eigenvalue weighted by Gasteiger charge is -2.21. The van der Waals surface area contributed by atoms with Crippen molar-refractivity contribution < 1.29 is 28.4 Å². The van der Waals surface area contributed by atoms with Gasteiger partial charge in [-0.2, -0.15) is 0 Å². The van der Waals surface area contributed by atoms with Crippen LogP contribution >= 0.6 is 11.8 Å². The maximum atomic E-state index is 5.66.